The molecule has 0 atom stereocenters. The molecule has 0 aromatic heterocycles. The summed E-state index contributed by atoms with van der Waals surface area (Å²) in [5, 5.41) is 6.06. The molecule has 2 N–H and O–H groups in total. The Balaban J connectivity index is 2.34. The molecule has 0 heterocycles. The molecule has 4 heteroatoms. The molecule has 1 rings (SSSR count). The van der Waals surface area contributed by atoms with Gasteiger partial charge in [-0.05, 0) is 18.1 Å². The molecule has 0 aliphatic rings. The molecule has 1 aromatic carbocycles. The summed E-state index contributed by atoms with van der Waals surface area (Å²) < 4.78 is 5.43. The first-order valence-electron chi connectivity index (χ1n) is 6.33. The summed E-state index contributed by atoms with van der Waals surface area (Å²) in [6.07, 6.45) is 0. The van der Waals surface area contributed by atoms with Gasteiger partial charge in [0.05, 0.1) is 6.61 Å². The second-order valence-corrected chi connectivity index (χ2v) is 4.07. The topological polar surface area (TPSA) is 50.4 Å². The maximum atomic E-state index is 10.7. The quantitative estimate of drug-likeness (QED) is 0.687. The third kappa shape index (κ3) is 5.80. The molecule has 0 aliphatic carbocycles. The van der Waals surface area contributed by atoms with Crippen molar-refractivity contribution < 1.29 is 9.53 Å². The highest BCUT2D eigenvalue weighted by atomic mass is 16.5. The van der Waals surface area contributed by atoms with Gasteiger partial charge in [0.25, 0.3) is 0 Å². The van der Waals surface area contributed by atoms with E-state index in [2.05, 4.69) is 22.8 Å². The fourth-order valence-corrected chi connectivity index (χ4v) is 1.63. The van der Waals surface area contributed by atoms with Crippen molar-refractivity contribution in [1.82, 2.24) is 10.6 Å². The number of benzene rings is 1. The van der Waals surface area contributed by atoms with E-state index in [1.165, 1.54) is 18.1 Å². The first-order chi connectivity index (χ1) is 8.74. The van der Waals surface area contributed by atoms with Crippen molar-refractivity contribution >= 4 is 5.91 Å². The van der Waals surface area contributed by atoms with E-state index >= 15 is 0 Å². The molecule has 0 saturated carbocycles. The third-order valence-electron chi connectivity index (χ3n) is 2.57. The lowest BCUT2D eigenvalue weighted by atomic mass is 10.1. The number of rotatable bonds is 8. The summed E-state index contributed by atoms with van der Waals surface area (Å²) in [6.45, 7) is 7.12. The minimum atomic E-state index is 0.00791. The summed E-state index contributed by atoms with van der Waals surface area (Å²) in [5.41, 5.74) is 2.46. The average Bonchev–Trinajstić information content (AvgIpc) is 2.36. The first kappa shape index (κ1) is 14.7. The minimum Gasteiger partial charge on any atom is -0.377 e. The van der Waals surface area contributed by atoms with Crippen molar-refractivity contribution in [2.45, 2.75) is 27.0 Å². The van der Waals surface area contributed by atoms with E-state index in [-0.39, 0.29) is 5.91 Å². The zero-order valence-electron chi connectivity index (χ0n) is 11.2. The normalized spacial score (nSPS) is 10.3. The molecule has 100 valence electrons. The standard InChI is InChI=1S/C14H22N2O2/c1-3-18-11-14-7-5-4-6-13(14)10-15-8-9-16-12(2)17/h4-7,15H,3,8-11H2,1-2H3,(H,16,17). The number of nitrogens with one attached hydrogen (secondary N) is 2. The largest absolute Gasteiger partial charge is 0.377 e. The second-order valence-electron chi connectivity index (χ2n) is 4.07. The van der Waals surface area contributed by atoms with Gasteiger partial charge in [-0.2, -0.15) is 0 Å². The Morgan fingerprint density at radius 2 is 1.94 bits per heavy atom. The van der Waals surface area contributed by atoms with Crippen LogP contribution in [0.4, 0.5) is 0 Å². The summed E-state index contributed by atoms with van der Waals surface area (Å²) in [5.74, 6) is 0.00791. The van der Waals surface area contributed by atoms with Gasteiger partial charge in [-0.3, -0.25) is 4.79 Å². The van der Waals surface area contributed by atoms with E-state index in [1.807, 2.05) is 19.1 Å². The second kappa shape index (κ2) is 8.66. The van der Waals surface area contributed by atoms with E-state index in [0.717, 1.165) is 19.7 Å². The van der Waals surface area contributed by atoms with Crippen LogP contribution in [0.1, 0.15) is 25.0 Å². The van der Waals surface area contributed by atoms with E-state index in [1.54, 1.807) is 0 Å². The maximum absolute atomic E-state index is 10.7. The Kier molecular flexibility index (Phi) is 7.06. The zero-order valence-corrected chi connectivity index (χ0v) is 11.2. The van der Waals surface area contributed by atoms with Crippen LogP contribution in [0.3, 0.4) is 0 Å². The molecule has 0 fully saturated rings. The molecule has 1 amide bonds. The highest BCUT2D eigenvalue weighted by molar-refractivity contribution is 5.72. The van der Waals surface area contributed by atoms with E-state index < -0.39 is 0 Å². The molecule has 4 nitrogen and oxygen atoms in total. The lowest BCUT2D eigenvalue weighted by Crippen LogP contribution is -2.30. The summed E-state index contributed by atoms with van der Waals surface area (Å²) >= 11 is 0. The average molecular weight is 250 g/mol. The number of carbonyl (C=O) groups is 1. The maximum Gasteiger partial charge on any atom is 0.216 e. The van der Waals surface area contributed by atoms with Crippen molar-refractivity contribution in [2.24, 2.45) is 0 Å². The summed E-state index contributed by atoms with van der Waals surface area (Å²) in [6, 6.07) is 8.23. The Morgan fingerprint density at radius 1 is 1.22 bits per heavy atom. The van der Waals surface area contributed by atoms with Gasteiger partial charge in [-0.1, -0.05) is 24.3 Å². The predicted octanol–water partition coefficient (Wildman–Crippen LogP) is 1.45. The van der Waals surface area contributed by atoms with Crippen LogP contribution in [0.15, 0.2) is 24.3 Å². The predicted molar refractivity (Wildman–Crippen MR) is 72.2 cm³/mol. The van der Waals surface area contributed by atoms with Gasteiger partial charge in [-0.25, -0.2) is 0 Å². The molecule has 0 spiro atoms. The Morgan fingerprint density at radius 3 is 2.61 bits per heavy atom. The lowest BCUT2D eigenvalue weighted by Gasteiger charge is -2.10. The van der Waals surface area contributed by atoms with Crippen LogP contribution >= 0.6 is 0 Å². The van der Waals surface area contributed by atoms with Crippen LogP contribution in [0.2, 0.25) is 0 Å². The molecule has 0 unspecified atom stereocenters. The number of carbonyl (C=O) groups excluding carboxylic acids is 1. The molecular weight excluding hydrogens is 228 g/mol. The lowest BCUT2D eigenvalue weighted by molar-refractivity contribution is -0.118. The number of amides is 1. The SMILES string of the molecule is CCOCc1ccccc1CNCCNC(C)=O. The van der Waals surface area contributed by atoms with Gasteiger partial charge in [0.2, 0.25) is 5.91 Å². The van der Waals surface area contributed by atoms with E-state index in [9.17, 15) is 4.79 Å². The minimum absolute atomic E-state index is 0.00791. The molecule has 0 saturated heterocycles. The van der Waals surface area contributed by atoms with E-state index in [0.29, 0.717) is 13.2 Å². The van der Waals surface area contributed by atoms with Gasteiger partial charge in [0, 0.05) is 33.2 Å². The van der Waals surface area contributed by atoms with E-state index in [4.69, 9.17) is 4.74 Å². The van der Waals surface area contributed by atoms with Crippen LogP contribution in [0.5, 0.6) is 0 Å². The van der Waals surface area contributed by atoms with Crippen LogP contribution in [-0.4, -0.2) is 25.6 Å². The number of ether oxygens (including phenoxy) is 1. The fourth-order valence-electron chi connectivity index (χ4n) is 1.63. The molecule has 0 aliphatic heterocycles. The Hall–Kier alpha value is -1.39. The van der Waals surface area contributed by atoms with Crippen LogP contribution in [0, 0.1) is 0 Å². The zero-order chi connectivity index (χ0) is 13.2. The summed E-state index contributed by atoms with van der Waals surface area (Å²) in [7, 11) is 0. The molecule has 0 radical (unpaired) electrons. The summed E-state index contributed by atoms with van der Waals surface area (Å²) in [4.78, 5) is 10.7. The molecule has 1 aromatic rings. The number of hydrogen-bond donors (Lipinski definition) is 2. The van der Waals surface area contributed by atoms with Crippen molar-refractivity contribution in [3.8, 4) is 0 Å². The Bertz CT molecular complexity index is 367. The first-order valence-corrected chi connectivity index (χ1v) is 6.33. The molecular formula is C14H22N2O2. The number of hydrogen-bond acceptors (Lipinski definition) is 3. The van der Waals surface area contributed by atoms with Gasteiger partial charge in [-0.15, -0.1) is 0 Å². The highest BCUT2D eigenvalue weighted by Crippen LogP contribution is 2.09. The monoisotopic (exact) mass is 250 g/mol. The van der Waals surface area contributed by atoms with Crippen molar-refractivity contribution in [2.75, 3.05) is 19.7 Å². The fraction of sp³-hybridized carbons (Fsp3) is 0.500. The van der Waals surface area contributed by atoms with Gasteiger partial charge in [0.15, 0.2) is 0 Å². The highest BCUT2D eigenvalue weighted by Gasteiger charge is 2.01. The van der Waals surface area contributed by atoms with Crippen molar-refractivity contribution in [1.29, 1.82) is 0 Å². The van der Waals surface area contributed by atoms with Crippen LogP contribution in [0.25, 0.3) is 0 Å². The van der Waals surface area contributed by atoms with Crippen molar-refractivity contribution in [3.63, 3.8) is 0 Å². The van der Waals surface area contributed by atoms with Gasteiger partial charge >= 0.3 is 0 Å². The van der Waals surface area contributed by atoms with Gasteiger partial charge in [0.1, 0.15) is 0 Å². The Labute approximate surface area is 109 Å². The van der Waals surface area contributed by atoms with Crippen molar-refractivity contribution in [3.05, 3.63) is 35.4 Å². The van der Waals surface area contributed by atoms with Gasteiger partial charge < -0.3 is 15.4 Å². The smallest absolute Gasteiger partial charge is 0.216 e. The van der Waals surface area contributed by atoms with Crippen LogP contribution in [-0.2, 0) is 22.7 Å². The molecule has 18 heavy (non-hydrogen) atoms. The van der Waals surface area contributed by atoms with Crippen LogP contribution < -0.4 is 10.6 Å². The molecule has 0 bridgehead atoms. The third-order valence-corrected chi connectivity index (χ3v) is 2.57.